The lowest BCUT2D eigenvalue weighted by Crippen LogP contribution is -2.43. The van der Waals surface area contributed by atoms with Crippen LogP contribution in [0.1, 0.15) is 6.23 Å². The summed E-state index contributed by atoms with van der Waals surface area (Å²) in [4.78, 5) is 2.37. The van der Waals surface area contributed by atoms with Crippen LogP contribution in [0.25, 0.3) is 0 Å². The summed E-state index contributed by atoms with van der Waals surface area (Å²) in [5.74, 6) is 1.05. The van der Waals surface area contributed by atoms with Crippen molar-refractivity contribution in [1.82, 2.24) is 9.55 Å². The van der Waals surface area contributed by atoms with Crippen molar-refractivity contribution in [3.05, 3.63) is 21.4 Å². The van der Waals surface area contributed by atoms with Crippen molar-refractivity contribution in [3.8, 4) is 12.3 Å². The topological polar surface area (TPSA) is 70.4 Å². The maximum Gasteiger partial charge on any atom is 0.204 e. The molecule has 4 atom stereocenters. The quantitative estimate of drug-likeness (QED) is 0.560. The first-order valence-electron chi connectivity index (χ1n) is 5.46. The number of alkyl halides is 1. The van der Waals surface area contributed by atoms with E-state index in [2.05, 4.69) is 17.2 Å². The highest BCUT2D eigenvalue weighted by atomic mass is 32.1. The number of halogens is 2. The van der Waals surface area contributed by atoms with E-state index in [1.807, 2.05) is 5.92 Å². The fraction of sp³-hybridized carbons (Fsp3) is 0.455. The first-order chi connectivity index (χ1) is 9.35. The molecule has 20 heavy (non-hydrogen) atoms. The van der Waals surface area contributed by atoms with Crippen LogP contribution < -0.4 is 0 Å². The van der Waals surface area contributed by atoms with E-state index < -0.39 is 36.5 Å². The molecule has 1 aromatic heterocycles. The number of ether oxygens (including phenoxy) is 1. The summed E-state index contributed by atoms with van der Waals surface area (Å²) in [6.45, 7) is -0.694. The van der Waals surface area contributed by atoms with Crippen molar-refractivity contribution in [2.75, 3.05) is 6.61 Å². The third-order valence-corrected chi connectivity index (χ3v) is 3.63. The van der Waals surface area contributed by atoms with Crippen LogP contribution in [0.4, 0.5) is 8.78 Å². The van der Waals surface area contributed by atoms with Gasteiger partial charge in [-0.05, 0) is 12.2 Å². The van der Waals surface area contributed by atoms with E-state index in [1.165, 1.54) is 0 Å². The van der Waals surface area contributed by atoms with Gasteiger partial charge in [-0.2, -0.15) is 0 Å². The van der Waals surface area contributed by atoms with Crippen molar-refractivity contribution < 1.29 is 23.7 Å². The van der Waals surface area contributed by atoms with E-state index in [-0.39, 0.29) is 9.41 Å². The number of nitrogens with zero attached hydrogens (tertiary/aromatic N) is 1. The Hall–Kier alpha value is -1.18. The van der Waals surface area contributed by atoms with Gasteiger partial charge in [-0.1, -0.05) is 18.1 Å². The predicted molar refractivity (Wildman–Crippen MR) is 70.1 cm³/mol. The van der Waals surface area contributed by atoms with Crippen LogP contribution in [0, 0.1) is 27.6 Å². The Morgan fingerprint density at radius 3 is 2.80 bits per heavy atom. The first kappa shape index (κ1) is 15.2. The smallest absolute Gasteiger partial charge is 0.204 e. The molecule has 5 nitrogen and oxygen atoms in total. The number of aromatic amines is 1. The van der Waals surface area contributed by atoms with Crippen LogP contribution >= 0.6 is 24.4 Å². The zero-order chi connectivity index (χ0) is 15.1. The highest BCUT2D eigenvalue weighted by molar-refractivity contribution is 7.72. The minimum Gasteiger partial charge on any atom is -0.394 e. The van der Waals surface area contributed by atoms with Gasteiger partial charge in [0.2, 0.25) is 5.60 Å². The fourth-order valence-corrected chi connectivity index (χ4v) is 2.42. The molecular formula is C11H10F2N2O3S2. The SMILES string of the molecule is C#CC1(O)C(F)C(CO)OC1n1cc(F)c(=S)[nH]c1=S. The van der Waals surface area contributed by atoms with E-state index in [9.17, 15) is 13.9 Å². The Morgan fingerprint density at radius 2 is 2.25 bits per heavy atom. The summed E-state index contributed by atoms with van der Waals surface area (Å²) < 4.78 is 33.3. The third kappa shape index (κ3) is 2.19. The second-order valence-corrected chi connectivity index (χ2v) is 5.02. The van der Waals surface area contributed by atoms with Gasteiger partial charge in [0.15, 0.2) is 23.0 Å². The van der Waals surface area contributed by atoms with Gasteiger partial charge in [0.05, 0.1) is 6.61 Å². The molecule has 0 radical (unpaired) electrons. The summed E-state index contributed by atoms with van der Waals surface area (Å²) >= 11 is 9.59. The first-order valence-corrected chi connectivity index (χ1v) is 6.28. The monoisotopic (exact) mass is 320 g/mol. The number of terminal acetylenes is 1. The van der Waals surface area contributed by atoms with E-state index in [0.717, 1.165) is 10.8 Å². The summed E-state index contributed by atoms with van der Waals surface area (Å²) in [5.41, 5.74) is -2.38. The van der Waals surface area contributed by atoms with Crippen molar-refractivity contribution in [2.45, 2.75) is 24.1 Å². The molecule has 0 aliphatic carbocycles. The van der Waals surface area contributed by atoms with Gasteiger partial charge >= 0.3 is 0 Å². The summed E-state index contributed by atoms with van der Waals surface area (Å²) in [7, 11) is 0. The fourth-order valence-electron chi connectivity index (χ4n) is 1.96. The predicted octanol–water partition coefficient (Wildman–Crippen LogP) is 1.01. The Labute approximate surface area is 122 Å². The lowest BCUT2D eigenvalue weighted by molar-refractivity contribution is -0.0743. The van der Waals surface area contributed by atoms with Gasteiger partial charge in [-0.25, -0.2) is 8.78 Å². The molecule has 2 heterocycles. The molecule has 0 amide bonds. The number of hydrogen-bond donors (Lipinski definition) is 3. The van der Waals surface area contributed by atoms with Gasteiger partial charge in [0.25, 0.3) is 0 Å². The largest absolute Gasteiger partial charge is 0.394 e. The van der Waals surface area contributed by atoms with Crippen molar-refractivity contribution >= 4 is 24.4 Å². The highest BCUT2D eigenvalue weighted by Crippen LogP contribution is 2.39. The Kier molecular flexibility index (Phi) is 4.04. The van der Waals surface area contributed by atoms with Gasteiger partial charge < -0.3 is 19.9 Å². The van der Waals surface area contributed by atoms with E-state index in [1.54, 1.807) is 0 Å². The number of aliphatic hydroxyl groups excluding tert-OH is 1. The molecule has 0 saturated carbocycles. The Balaban J connectivity index is 2.58. The minimum absolute atomic E-state index is 0.0964. The molecule has 1 saturated heterocycles. The molecule has 1 aliphatic rings. The number of rotatable bonds is 2. The van der Waals surface area contributed by atoms with Crippen LogP contribution in [-0.2, 0) is 4.74 Å². The number of hydrogen-bond acceptors (Lipinski definition) is 5. The molecule has 1 fully saturated rings. The molecule has 0 spiro atoms. The zero-order valence-electron chi connectivity index (χ0n) is 9.92. The summed E-state index contributed by atoms with van der Waals surface area (Å²) in [6, 6.07) is 0. The van der Waals surface area contributed by atoms with E-state index in [4.69, 9.17) is 28.5 Å². The molecule has 9 heteroatoms. The van der Waals surface area contributed by atoms with E-state index >= 15 is 0 Å². The van der Waals surface area contributed by atoms with Crippen molar-refractivity contribution in [1.29, 1.82) is 0 Å². The molecule has 108 valence electrons. The number of aliphatic hydroxyl groups is 2. The minimum atomic E-state index is -2.38. The Morgan fingerprint density at radius 1 is 1.60 bits per heavy atom. The average Bonchev–Trinajstić information content (AvgIpc) is 2.67. The normalized spacial score (nSPS) is 33.0. The molecular weight excluding hydrogens is 310 g/mol. The molecule has 3 N–H and O–H groups in total. The van der Waals surface area contributed by atoms with Gasteiger partial charge in [-0.3, -0.25) is 4.57 Å². The van der Waals surface area contributed by atoms with Gasteiger partial charge in [0, 0.05) is 6.20 Å². The molecule has 2 rings (SSSR count). The van der Waals surface area contributed by atoms with Crippen LogP contribution in [0.15, 0.2) is 6.20 Å². The summed E-state index contributed by atoms with van der Waals surface area (Å²) in [6.07, 6.45) is 1.15. The van der Waals surface area contributed by atoms with E-state index in [0.29, 0.717) is 0 Å². The highest BCUT2D eigenvalue weighted by Gasteiger charge is 2.56. The second-order valence-electron chi connectivity index (χ2n) is 4.22. The average molecular weight is 320 g/mol. The van der Waals surface area contributed by atoms with Gasteiger partial charge in [-0.15, -0.1) is 6.42 Å². The zero-order valence-corrected chi connectivity index (χ0v) is 11.5. The summed E-state index contributed by atoms with van der Waals surface area (Å²) in [5, 5.41) is 19.2. The van der Waals surface area contributed by atoms with Crippen LogP contribution in [-0.4, -0.2) is 44.2 Å². The molecule has 1 aromatic rings. The number of H-pyrrole nitrogens is 1. The van der Waals surface area contributed by atoms with Crippen LogP contribution in [0.3, 0.4) is 0 Å². The van der Waals surface area contributed by atoms with Gasteiger partial charge in [0.1, 0.15) is 10.7 Å². The molecule has 0 bridgehead atoms. The lowest BCUT2D eigenvalue weighted by Gasteiger charge is -2.26. The third-order valence-electron chi connectivity index (χ3n) is 3.02. The lowest BCUT2D eigenvalue weighted by atomic mass is 9.96. The van der Waals surface area contributed by atoms with Crippen LogP contribution in [0.2, 0.25) is 0 Å². The molecule has 0 aromatic carbocycles. The van der Waals surface area contributed by atoms with Crippen molar-refractivity contribution in [2.24, 2.45) is 0 Å². The molecule has 4 unspecified atom stereocenters. The number of aromatic nitrogens is 2. The van der Waals surface area contributed by atoms with Crippen LogP contribution in [0.5, 0.6) is 0 Å². The maximum atomic E-state index is 14.0. The van der Waals surface area contributed by atoms with Crippen molar-refractivity contribution in [3.63, 3.8) is 0 Å². The second kappa shape index (κ2) is 5.31. The standard InChI is InChI=1S/C11H10F2N2O3S2/c1-2-11(17)7(13)6(4-16)18-9(11)15-3-5(12)8(19)14-10(15)20/h1,3,6-7,9,16-17H,4H2,(H,14,19,20). The molecule has 1 aliphatic heterocycles. The maximum absolute atomic E-state index is 14.0. The number of nitrogens with one attached hydrogen (secondary N) is 1. The Bertz CT molecular complexity index is 683.